The van der Waals surface area contributed by atoms with Crippen LogP contribution in [0.15, 0.2) is 52.4 Å². The third kappa shape index (κ3) is 5.77. The number of H-pyrrole nitrogens is 1. The van der Waals surface area contributed by atoms with Crippen LogP contribution in [0, 0.1) is 19.8 Å². The molecule has 0 bridgehead atoms. The molecule has 1 aliphatic heterocycles. The van der Waals surface area contributed by atoms with Crippen LogP contribution in [-0.2, 0) is 12.7 Å². The number of alkyl halides is 3. The Morgan fingerprint density at radius 1 is 1.17 bits per heavy atom. The van der Waals surface area contributed by atoms with Crippen molar-refractivity contribution < 1.29 is 18.0 Å². The molecule has 1 aromatic carbocycles. The molecule has 1 fully saturated rings. The lowest BCUT2D eigenvalue weighted by molar-refractivity contribution is -0.145. The molecule has 1 amide bonds. The second-order valence-corrected chi connectivity index (χ2v) is 11.5. The van der Waals surface area contributed by atoms with Crippen molar-refractivity contribution in [1.29, 1.82) is 0 Å². The van der Waals surface area contributed by atoms with E-state index in [0.29, 0.717) is 29.9 Å². The van der Waals surface area contributed by atoms with Gasteiger partial charge in [-0.15, -0.1) is 11.8 Å². The number of nitrogens with one attached hydrogen (secondary N) is 2. The maximum Gasteiger partial charge on any atom is 0.451 e. The van der Waals surface area contributed by atoms with Crippen LogP contribution in [0.2, 0.25) is 0 Å². The molecule has 0 radical (unpaired) electrons. The Hall–Kier alpha value is -3.80. The highest BCUT2D eigenvalue weighted by molar-refractivity contribution is 7.98. The smallest absolute Gasteiger partial charge is 0.369 e. The predicted octanol–water partition coefficient (Wildman–Crippen LogP) is 5.88. The van der Waals surface area contributed by atoms with Gasteiger partial charge < -0.3 is 19.8 Å². The monoisotopic (exact) mass is 598 g/mol. The quantitative estimate of drug-likeness (QED) is 0.258. The average Bonchev–Trinajstić information content (AvgIpc) is 3.27. The highest BCUT2D eigenvalue weighted by atomic mass is 32.2. The Morgan fingerprint density at radius 2 is 1.83 bits per heavy atom. The minimum Gasteiger partial charge on any atom is -0.369 e. The second kappa shape index (κ2) is 11.8. The van der Waals surface area contributed by atoms with Crippen molar-refractivity contribution in [2.45, 2.75) is 57.3 Å². The van der Waals surface area contributed by atoms with E-state index in [1.165, 1.54) is 24.2 Å². The first-order chi connectivity index (χ1) is 20.0. The number of para-hydroxylation sites is 1. The summed E-state index contributed by atoms with van der Waals surface area (Å²) in [5, 5.41) is 3.83. The van der Waals surface area contributed by atoms with E-state index in [-0.39, 0.29) is 30.0 Å². The van der Waals surface area contributed by atoms with Gasteiger partial charge in [-0.05, 0) is 57.9 Å². The number of halogens is 3. The number of carbonyl (C=O) groups excluding carboxylic acids is 1. The summed E-state index contributed by atoms with van der Waals surface area (Å²) in [5.74, 6) is -1.09. The van der Waals surface area contributed by atoms with E-state index >= 15 is 0 Å². The Bertz CT molecular complexity index is 1660. The second-order valence-electron chi connectivity index (χ2n) is 10.7. The standard InChI is InChI=1S/C30H33F3N6O2S/c1-17-13-25(42-4)23(27(40)37-17)16-34-28(41)26-19(3)39(24-8-6-5-7-22(24)26)18(2)20-9-11-38(12-10-20)21-14-35-29(36-15-21)30(31,32)33/h5-8,13-15,18,20H,9-12,16H2,1-4H3,(H,34,41)(H,37,40)/t18-/m1/s1. The molecule has 1 atom stereocenters. The number of aromatic nitrogens is 4. The molecule has 8 nitrogen and oxygen atoms in total. The molecule has 0 saturated carbocycles. The van der Waals surface area contributed by atoms with E-state index in [9.17, 15) is 22.8 Å². The molecule has 2 N–H and O–H groups in total. The van der Waals surface area contributed by atoms with Crippen molar-refractivity contribution >= 4 is 34.3 Å². The lowest BCUT2D eigenvalue weighted by atomic mass is 9.89. The maximum atomic E-state index is 13.6. The number of fused-ring (bicyclic) bond motifs is 1. The summed E-state index contributed by atoms with van der Waals surface area (Å²) in [4.78, 5) is 38.9. The Kier molecular flexibility index (Phi) is 8.36. The zero-order chi connectivity index (χ0) is 30.2. The van der Waals surface area contributed by atoms with Gasteiger partial charge in [0, 0.05) is 58.4 Å². The highest BCUT2D eigenvalue weighted by Gasteiger charge is 2.35. The number of piperidine rings is 1. The molecule has 0 spiro atoms. The molecule has 42 heavy (non-hydrogen) atoms. The fourth-order valence-electron chi connectivity index (χ4n) is 5.98. The number of amides is 1. The number of hydrogen-bond acceptors (Lipinski definition) is 6. The van der Waals surface area contributed by atoms with Crippen molar-refractivity contribution in [2.24, 2.45) is 5.92 Å². The number of carbonyl (C=O) groups is 1. The number of benzene rings is 1. The van der Waals surface area contributed by atoms with Gasteiger partial charge in [0.15, 0.2) is 0 Å². The number of thioether (sulfide) groups is 1. The zero-order valence-electron chi connectivity index (χ0n) is 23.9. The van der Waals surface area contributed by atoms with Crippen LogP contribution in [0.3, 0.4) is 0 Å². The minimum absolute atomic E-state index is 0.0745. The van der Waals surface area contributed by atoms with Gasteiger partial charge in [0.25, 0.3) is 11.5 Å². The summed E-state index contributed by atoms with van der Waals surface area (Å²) in [6, 6.07) is 9.80. The first-order valence-corrected chi connectivity index (χ1v) is 15.0. The predicted molar refractivity (Wildman–Crippen MR) is 158 cm³/mol. The Labute approximate surface area is 245 Å². The third-order valence-electron chi connectivity index (χ3n) is 8.14. The Morgan fingerprint density at radius 3 is 2.48 bits per heavy atom. The van der Waals surface area contributed by atoms with Crippen LogP contribution in [0.1, 0.15) is 58.9 Å². The van der Waals surface area contributed by atoms with Crippen LogP contribution < -0.4 is 15.8 Å². The molecule has 0 unspecified atom stereocenters. The van der Waals surface area contributed by atoms with E-state index in [0.717, 1.165) is 40.0 Å². The molecular weight excluding hydrogens is 565 g/mol. The highest BCUT2D eigenvalue weighted by Crippen LogP contribution is 2.37. The molecular formula is C30H33F3N6O2S. The average molecular weight is 599 g/mol. The summed E-state index contributed by atoms with van der Waals surface area (Å²) >= 11 is 1.47. The van der Waals surface area contributed by atoms with Gasteiger partial charge in [0.2, 0.25) is 5.82 Å². The van der Waals surface area contributed by atoms with Crippen LogP contribution >= 0.6 is 11.8 Å². The fourth-order valence-corrected chi connectivity index (χ4v) is 6.68. The van der Waals surface area contributed by atoms with Crippen molar-refractivity contribution in [3.05, 3.63) is 81.4 Å². The normalized spacial score (nSPS) is 15.3. The molecule has 5 rings (SSSR count). The van der Waals surface area contributed by atoms with Crippen LogP contribution in [0.4, 0.5) is 18.9 Å². The van der Waals surface area contributed by atoms with E-state index in [4.69, 9.17) is 0 Å². The van der Waals surface area contributed by atoms with Gasteiger partial charge in [0.1, 0.15) is 0 Å². The van der Waals surface area contributed by atoms with Crippen LogP contribution in [-0.4, -0.2) is 44.8 Å². The first-order valence-electron chi connectivity index (χ1n) is 13.8. The van der Waals surface area contributed by atoms with Gasteiger partial charge in [-0.25, -0.2) is 9.97 Å². The van der Waals surface area contributed by atoms with Crippen molar-refractivity contribution in [3.63, 3.8) is 0 Å². The maximum absolute atomic E-state index is 13.6. The van der Waals surface area contributed by atoms with E-state index in [2.05, 4.69) is 31.8 Å². The van der Waals surface area contributed by atoms with Gasteiger partial charge in [-0.1, -0.05) is 18.2 Å². The van der Waals surface area contributed by atoms with Crippen molar-refractivity contribution in [1.82, 2.24) is 24.8 Å². The van der Waals surface area contributed by atoms with Gasteiger partial charge in [0.05, 0.1) is 23.6 Å². The number of pyridine rings is 1. The first kappa shape index (κ1) is 29.7. The number of rotatable bonds is 7. The summed E-state index contributed by atoms with van der Waals surface area (Å²) in [6.45, 7) is 7.38. The molecule has 12 heteroatoms. The molecule has 4 aromatic rings. The molecule has 222 valence electrons. The summed E-state index contributed by atoms with van der Waals surface area (Å²) < 4.78 is 40.8. The largest absolute Gasteiger partial charge is 0.451 e. The van der Waals surface area contributed by atoms with Gasteiger partial charge in [-0.2, -0.15) is 13.2 Å². The minimum atomic E-state index is -4.57. The fraction of sp³-hybridized carbons (Fsp3) is 0.400. The number of aryl methyl sites for hydroxylation is 1. The number of nitrogens with zero attached hydrogens (tertiary/aromatic N) is 4. The topological polar surface area (TPSA) is 95.9 Å². The SMILES string of the molecule is CSc1cc(C)[nH]c(=O)c1CNC(=O)c1c(C)n([C@H](C)C2CCN(c3cnc(C(F)(F)F)nc3)CC2)c2ccccc12. The molecule has 3 aromatic heterocycles. The number of anilines is 1. The van der Waals surface area contributed by atoms with Crippen molar-refractivity contribution in [2.75, 3.05) is 24.2 Å². The summed E-state index contributed by atoms with van der Waals surface area (Å²) in [7, 11) is 0. The number of aromatic amines is 1. The van der Waals surface area contributed by atoms with Crippen LogP contribution in [0.25, 0.3) is 10.9 Å². The van der Waals surface area contributed by atoms with Gasteiger partial charge >= 0.3 is 6.18 Å². The van der Waals surface area contributed by atoms with E-state index < -0.39 is 12.0 Å². The van der Waals surface area contributed by atoms with Gasteiger partial charge in [-0.3, -0.25) is 9.59 Å². The number of hydrogen-bond donors (Lipinski definition) is 2. The zero-order valence-corrected chi connectivity index (χ0v) is 24.7. The third-order valence-corrected chi connectivity index (χ3v) is 8.95. The molecule has 0 aliphatic carbocycles. The summed E-state index contributed by atoms with van der Waals surface area (Å²) in [5.41, 5.74) is 4.07. The van der Waals surface area contributed by atoms with Crippen molar-refractivity contribution in [3.8, 4) is 0 Å². The lowest BCUT2D eigenvalue weighted by Gasteiger charge is -2.37. The van der Waals surface area contributed by atoms with E-state index in [1.807, 2.05) is 55.3 Å². The van der Waals surface area contributed by atoms with E-state index in [1.54, 1.807) is 0 Å². The van der Waals surface area contributed by atoms with Crippen LogP contribution in [0.5, 0.6) is 0 Å². The lowest BCUT2D eigenvalue weighted by Crippen LogP contribution is -2.36. The summed E-state index contributed by atoms with van der Waals surface area (Å²) in [6.07, 6.45) is 1.46. The molecule has 4 heterocycles. The molecule has 1 aliphatic rings. The molecule has 1 saturated heterocycles. The Balaban J connectivity index is 1.34.